The minimum absolute atomic E-state index is 0.156. The van der Waals surface area contributed by atoms with Gasteiger partial charge in [-0.3, -0.25) is 4.79 Å². The van der Waals surface area contributed by atoms with Crippen LogP contribution < -0.4 is 5.73 Å². The minimum atomic E-state index is -0.931. The Morgan fingerprint density at radius 1 is 1.29 bits per heavy atom. The van der Waals surface area contributed by atoms with Crippen molar-refractivity contribution in [1.29, 1.82) is 0 Å². The van der Waals surface area contributed by atoms with Crippen molar-refractivity contribution in [2.75, 3.05) is 6.54 Å². The first kappa shape index (κ1) is 12.2. The van der Waals surface area contributed by atoms with Gasteiger partial charge >= 0.3 is 0 Å². The second-order valence-electron chi connectivity index (χ2n) is 4.43. The van der Waals surface area contributed by atoms with E-state index in [2.05, 4.69) is 0 Å². The number of benzene rings is 1. The molecule has 1 aliphatic carbocycles. The van der Waals surface area contributed by atoms with Gasteiger partial charge in [0.05, 0.1) is 6.10 Å². The molecule has 2 atom stereocenters. The summed E-state index contributed by atoms with van der Waals surface area (Å²) in [4.78, 5) is 11.5. The summed E-state index contributed by atoms with van der Waals surface area (Å²) in [6.07, 6.45) is -0.159. The van der Waals surface area contributed by atoms with E-state index in [1.54, 1.807) is 12.1 Å². The Morgan fingerprint density at radius 2 is 2.06 bits per heavy atom. The fraction of sp³-hybridized carbons (Fsp3) is 0.462. The molecule has 2 rings (SSSR count). The highest BCUT2D eigenvalue weighted by molar-refractivity contribution is 6.00. The SMILES string of the molecule is NCCC(O)C(O)c1ccc2c(c1)CCC2=O. The average molecular weight is 235 g/mol. The van der Waals surface area contributed by atoms with E-state index in [9.17, 15) is 15.0 Å². The first-order valence-corrected chi connectivity index (χ1v) is 5.85. The molecule has 4 nitrogen and oxygen atoms in total. The summed E-state index contributed by atoms with van der Waals surface area (Å²) >= 11 is 0. The summed E-state index contributed by atoms with van der Waals surface area (Å²) in [7, 11) is 0. The van der Waals surface area contributed by atoms with Crippen LogP contribution in [0.3, 0.4) is 0 Å². The maximum Gasteiger partial charge on any atom is 0.163 e. The molecule has 0 heterocycles. The van der Waals surface area contributed by atoms with E-state index < -0.39 is 12.2 Å². The molecule has 0 aromatic heterocycles. The molecule has 1 aromatic rings. The molecular weight excluding hydrogens is 218 g/mol. The van der Waals surface area contributed by atoms with Gasteiger partial charge in [-0.1, -0.05) is 18.2 Å². The largest absolute Gasteiger partial charge is 0.390 e. The van der Waals surface area contributed by atoms with E-state index in [0.717, 1.165) is 17.5 Å². The Balaban J connectivity index is 2.20. The highest BCUT2D eigenvalue weighted by Gasteiger charge is 2.23. The summed E-state index contributed by atoms with van der Waals surface area (Å²) in [5.74, 6) is 0.156. The highest BCUT2D eigenvalue weighted by Crippen LogP contribution is 2.27. The Morgan fingerprint density at radius 3 is 2.76 bits per heavy atom. The van der Waals surface area contributed by atoms with Gasteiger partial charge in [-0.15, -0.1) is 0 Å². The van der Waals surface area contributed by atoms with Crippen molar-refractivity contribution in [3.8, 4) is 0 Å². The summed E-state index contributed by atoms with van der Waals surface area (Å²) in [6, 6.07) is 5.25. The lowest BCUT2D eigenvalue weighted by Gasteiger charge is -2.18. The third-order valence-corrected chi connectivity index (χ3v) is 3.22. The minimum Gasteiger partial charge on any atom is -0.390 e. The first-order valence-electron chi connectivity index (χ1n) is 5.85. The molecule has 1 aromatic carbocycles. The van der Waals surface area contributed by atoms with Crippen LogP contribution in [0.2, 0.25) is 0 Å². The number of carbonyl (C=O) groups excluding carboxylic acids is 1. The molecule has 2 unspecified atom stereocenters. The number of hydrogen-bond donors (Lipinski definition) is 3. The predicted molar refractivity (Wildman–Crippen MR) is 63.7 cm³/mol. The van der Waals surface area contributed by atoms with Crippen molar-refractivity contribution >= 4 is 5.78 Å². The number of hydrogen-bond acceptors (Lipinski definition) is 4. The number of rotatable bonds is 4. The van der Waals surface area contributed by atoms with E-state index in [4.69, 9.17) is 5.73 Å². The molecular formula is C13H17NO3. The number of aliphatic hydroxyl groups excluding tert-OH is 2. The number of carbonyl (C=O) groups is 1. The fourth-order valence-electron chi connectivity index (χ4n) is 2.21. The lowest BCUT2D eigenvalue weighted by molar-refractivity contribution is 0.0150. The molecule has 0 spiro atoms. The molecule has 0 bridgehead atoms. The zero-order valence-corrected chi connectivity index (χ0v) is 9.60. The van der Waals surface area contributed by atoms with Crippen molar-refractivity contribution in [2.24, 2.45) is 5.73 Å². The van der Waals surface area contributed by atoms with Gasteiger partial charge in [0.1, 0.15) is 6.10 Å². The van der Waals surface area contributed by atoms with Crippen LogP contribution in [-0.2, 0) is 6.42 Å². The van der Waals surface area contributed by atoms with E-state index in [1.165, 1.54) is 0 Å². The molecule has 1 aliphatic rings. The van der Waals surface area contributed by atoms with Gasteiger partial charge in [-0.2, -0.15) is 0 Å². The van der Waals surface area contributed by atoms with Crippen LogP contribution in [0.15, 0.2) is 18.2 Å². The molecule has 0 radical (unpaired) electrons. The molecule has 0 amide bonds. The van der Waals surface area contributed by atoms with Gasteiger partial charge in [0.2, 0.25) is 0 Å². The van der Waals surface area contributed by atoms with E-state index in [1.807, 2.05) is 6.07 Å². The highest BCUT2D eigenvalue weighted by atomic mass is 16.3. The van der Waals surface area contributed by atoms with Gasteiger partial charge in [0.15, 0.2) is 5.78 Å². The summed E-state index contributed by atoms with van der Waals surface area (Å²) in [5.41, 5.74) is 7.70. The quantitative estimate of drug-likeness (QED) is 0.712. The monoisotopic (exact) mass is 235 g/mol. The second-order valence-corrected chi connectivity index (χ2v) is 4.43. The maximum atomic E-state index is 11.5. The first-order chi connectivity index (χ1) is 8.13. The summed E-state index contributed by atoms with van der Waals surface area (Å²) < 4.78 is 0. The fourth-order valence-corrected chi connectivity index (χ4v) is 2.21. The number of Topliss-reactive ketones (excluding diaryl/α,β-unsaturated/α-hetero) is 1. The third-order valence-electron chi connectivity index (χ3n) is 3.22. The van der Waals surface area contributed by atoms with E-state index >= 15 is 0 Å². The molecule has 0 saturated carbocycles. The van der Waals surface area contributed by atoms with Crippen molar-refractivity contribution < 1.29 is 15.0 Å². The maximum absolute atomic E-state index is 11.5. The van der Waals surface area contributed by atoms with Crippen LogP contribution in [-0.4, -0.2) is 28.6 Å². The van der Waals surface area contributed by atoms with E-state index in [-0.39, 0.29) is 5.78 Å². The number of ketones is 1. The van der Waals surface area contributed by atoms with Crippen LogP contribution >= 0.6 is 0 Å². The van der Waals surface area contributed by atoms with Crippen molar-refractivity contribution in [3.63, 3.8) is 0 Å². The van der Waals surface area contributed by atoms with Crippen LogP contribution in [0.1, 0.15) is 40.4 Å². The smallest absolute Gasteiger partial charge is 0.163 e. The molecule has 4 heteroatoms. The Hall–Kier alpha value is -1.23. The molecule has 0 aliphatic heterocycles. The third kappa shape index (κ3) is 2.39. The van der Waals surface area contributed by atoms with Crippen LogP contribution in [0, 0.1) is 0 Å². The number of nitrogens with two attached hydrogens (primary N) is 1. The van der Waals surface area contributed by atoms with Gasteiger partial charge < -0.3 is 15.9 Å². The topological polar surface area (TPSA) is 83.6 Å². The number of aryl methyl sites for hydroxylation is 1. The zero-order valence-electron chi connectivity index (χ0n) is 9.60. The van der Waals surface area contributed by atoms with Gasteiger partial charge in [0, 0.05) is 12.0 Å². The number of fused-ring (bicyclic) bond motifs is 1. The van der Waals surface area contributed by atoms with Crippen molar-refractivity contribution in [1.82, 2.24) is 0 Å². The van der Waals surface area contributed by atoms with Gasteiger partial charge in [-0.25, -0.2) is 0 Å². The lowest BCUT2D eigenvalue weighted by Crippen LogP contribution is -2.21. The molecule has 0 saturated heterocycles. The second kappa shape index (κ2) is 4.96. The Labute approximate surface area is 100 Å². The lowest BCUT2D eigenvalue weighted by atomic mass is 9.98. The molecule has 17 heavy (non-hydrogen) atoms. The summed E-state index contributed by atoms with van der Waals surface area (Å²) in [6.45, 7) is 0.335. The van der Waals surface area contributed by atoms with Crippen LogP contribution in [0.4, 0.5) is 0 Å². The predicted octanol–water partition coefficient (Wildman–Crippen LogP) is 0.559. The molecule has 92 valence electrons. The number of aliphatic hydroxyl groups is 2. The molecule has 0 fully saturated rings. The van der Waals surface area contributed by atoms with Crippen molar-refractivity contribution in [3.05, 3.63) is 34.9 Å². The zero-order chi connectivity index (χ0) is 12.4. The van der Waals surface area contributed by atoms with Crippen LogP contribution in [0.5, 0.6) is 0 Å². The Bertz CT molecular complexity index is 431. The van der Waals surface area contributed by atoms with Gasteiger partial charge in [-0.05, 0) is 30.5 Å². The van der Waals surface area contributed by atoms with Gasteiger partial charge in [0.25, 0.3) is 0 Å². The normalized spacial score (nSPS) is 17.9. The molecule has 4 N–H and O–H groups in total. The van der Waals surface area contributed by atoms with E-state index in [0.29, 0.717) is 24.9 Å². The van der Waals surface area contributed by atoms with Crippen LogP contribution in [0.25, 0.3) is 0 Å². The van der Waals surface area contributed by atoms with Crippen molar-refractivity contribution in [2.45, 2.75) is 31.5 Å². The average Bonchev–Trinajstić information content (AvgIpc) is 2.70. The summed E-state index contributed by atoms with van der Waals surface area (Å²) in [5, 5.41) is 19.6. The Kier molecular flexibility index (Phi) is 3.57. The standard InChI is InChI=1S/C13H17NO3/c14-6-5-12(16)13(17)9-1-3-10-8(7-9)2-4-11(10)15/h1,3,7,12-13,16-17H,2,4-6,14H2.